The summed E-state index contributed by atoms with van der Waals surface area (Å²) in [6.45, 7) is 12.3. The highest BCUT2D eigenvalue weighted by atomic mass is 15.2. The molecular formula is C99H72BN7. The van der Waals surface area contributed by atoms with Gasteiger partial charge in [-0.1, -0.05) is 241 Å². The maximum Gasteiger partial charge on any atom is 0.252 e. The van der Waals surface area contributed by atoms with Gasteiger partial charge in [0.05, 0.1) is 83.1 Å². The van der Waals surface area contributed by atoms with Crippen LogP contribution >= 0.6 is 0 Å². The fraction of sp³-hybridized carbons (Fsp3) is 0.0808. The lowest BCUT2D eigenvalue weighted by Crippen LogP contribution is -2.61. The second-order valence-corrected chi connectivity index (χ2v) is 30.0. The van der Waals surface area contributed by atoms with E-state index >= 15 is 0 Å². The van der Waals surface area contributed by atoms with Gasteiger partial charge in [-0.3, -0.25) is 0 Å². The number of nitriles is 1. The van der Waals surface area contributed by atoms with Crippen molar-refractivity contribution in [1.82, 2.24) is 18.3 Å². The van der Waals surface area contributed by atoms with E-state index in [0.717, 1.165) is 82.5 Å². The third-order valence-corrected chi connectivity index (χ3v) is 21.9. The maximum absolute atomic E-state index is 12.7. The van der Waals surface area contributed by atoms with Crippen molar-refractivity contribution in [2.45, 2.75) is 52.4 Å². The summed E-state index contributed by atoms with van der Waals surface area (Å²) in [5.74, 6) is 0. The summed E-state index contributed by atoms with van der Waals surface area (Å²) in [4.78, 5) is 4.32. The molecule has 0 bridgehead atoms. The molecule has 2 aliphatic rings. The van der Waals surface area contributed by atoms with Crippen molar-refractivity contribution in [3.8, 4) is 51.1 Å². The number of para-hydroxylation sites is 6. The first-order chi connectivity index (χ1) is 59.0. The number of hydrogen-bond acceptors (Lipinski definition) is 3. The second-order valence-electron chi connectivity index (χ2n) is 30.0. The van der Waals surface area contributed by atoms with Crippen LogP contribution in [0.25, 0.3) is 132 Å². The molecule has 0 unspecified atom stereocenters. The van der Waals surface area contributed by atoms with Crippen LogP contribution in [0.4, 0.5) is 34.1 Å². The van der Waals surface area contributed by atoms with E-state index in [0.29, 0.717) is 56.4 Å². The lowest BCUT2D eigenvalue weighted by atomic mass is 9.33. The van der Waals surface area contributed by atoms with Crippen molar-refractivity contribution in [2.24, 2.45) is 0 Å². The fourth-order valence-electron chi connectivity index (χ4n) is 17.0. The minimum Gasteiger partial charge on any atom is -0.311 e. The van der Waals surface area contributed by atoms with Crippen molar-refractivity contribution >= 4 is 144 Å². The number of rotatable bonds is 8. The molecule has 0 spiro atoms. The van der Waals surface area contributed by atoms with Gasteiger partial charge in [-0.05, 0) is 188 Å². The van der Waals surface area contributed by atoms with E-state index in [1.807, 2.05) is 121 Å². The average molecular weight is 1390 g/mol. The first kappa shape index (κ1) is 47.8. The molecule has 0 saturated heterocycles. The van der Waals surface area contributed by atoms with Crippen LogP contribution in [0.15, 0.2) is 327 Å². The molecule has 0 aliphatic carbocycles. The zero-order valence-corrected chi connectivity index (χ0v) is 59.1. The van der Waals surface area contributed by atoms with Crippen molar-refractivity contribution < 1.29 is 21.9 Å². The Labute approximate surface area is 644 Å². The summed E-state index contributed by atoms with van der Waals surface area (Å²) in [7, 11) is 0. The third-order valence-electron chi connectivity index (χ3n) is 21.9. The lowest BCUT2D eigenvalue weighted by Gasteiger charge is -2.45. The summed E-state index contributed by atoms with van der Waals surface area (Å²) < 4.78 is 159. The molecule has 15 aromatic carbocycles. The summed E-state index contributed by atoms with van der Waals surface area (Å²) in [6, 6.07) is 71.7. The Kier molecular flexibility index (Phi) is 10.4. The number of hydrogen-bond donors (Lipinski definition) is 0. The molecule has 4 aromatic heterocycles. The largest absolute Gasteiger partial charge is 0.311 e. The molecule has 6 heterocycles. The lowest BCUT2D eigenvalue weighted by molar-refractivity contribution is 0.590. The summed E-state index contributed by atoms with van der Waals surface area (Å²) in [5, 5.41) is 16.1. The number of aromatic nitrogens is 4. The van der Waals surface area contributed by atoms with Gasteiger partial charge < -0.3 is 28.1 Å². The van der Waals surface area contributed by atoms with Gasteiger partial charge in [0.25, 0.3) is 6.71 Å². The van der Waals surface area contributed by atoms with Gasteiger partial charge in [0.1, 0.15) is 11.6 Å². The Morgan fingerprint density at radius 2 is 0.692 bits per heavy atom. The molecule has 8 heteroatoms. The molecule has 0 fully saturated rings. The standard InChI is InChI=1S/C99H72BN7/c1-98(2,3)66-44-50-91-78(55-66)79-56-67(99(4,5)6)45-51-92(79)104(91)71-59-95-97-96(60-71)107(90-43-25-42-89(80(90)61-101)106-87-40-23-17-34-76(87)77-35-18-24-41-88(77)106)94-58-69(103-85-38-21-15-32-74(85)75-33-16-22-39-86(75)103)47-49-82(94)100(97)81-48-46-68(102-83-36-19-13-30-72(83)73-31-14-20-37-84(73)102)57-93(81)105(95)70-53-64(62-26-9-7-10-27-62)52-65(54-70)63-28-11-8-12-29-63/h7-60H,1-6H3/i13D,14D,15D,16D,19D,20D,21D,22D,30D,31D,32D,33D,36D,37D,38D,39D. The summed E-state index contributed by atoms with van der Waals surface area (Å²) in [5.41, 5.74) is 15.5. The highest BCUT2D eigenvalue weighted by Gasteiger charge is 2.45. The number of nitrogens with zero attached hydrogens (tertiary/aromatic N) is 7. The molecule has 0 atom stereocenters. The van der Waals surface area contributed by atoms with E-state index in [4.69, 9.17) is 5.48 Å². The van der Waals surface area contributed by atoms with Crippen LogP contribution < -0.4 is 26.2 Å². The zero-order valence-electron chi connectivity index (χ0n) is 75.1. The molecule has 506 valence electrons. The zero-order chi connectivity index (χ0) is 85.6. The Morgan fingerprint density at radius 3 is 1.16 bits per heavy atom. The van der Waals surface area contributed by atoms with Crippen LogP contribution in [0.2, 0.25) is 0 Å². The van der Waals surface area contributed by atoms with E-state index < -0.39 is 103 Å². The van der Waals surface area contributed by atoms with Crippen LogP contribution in [-0.4, -0.2) is 25.0 Å². The summed E-state index contributed by atoms with van der Waals surface area (Å²) >= 11 is 0. The molecule has 19 aromatic rings. The molecule has 0 N–H and O–H groups in total. The van der Waals surface area contributed by atoms with Crippen LogP contribution in [0, 0.1) is 11.3 Å². The van der Waals surface area contributed by atoms with Crippen LogP contribution in [0.5, 0.6) is 0 Å². The topological polar surface area (TPSA) is 50.0 Å². The van der Waals surface area contributed by atoms with Crippen molar-refractivity contribution in [3.05, 3.63) is 344 Å². The highest BCUT2D eigenvalue weighted by Crippen LogP contribution is 2.51. The van der Waals surface area contributed by atoms with Crippen LogP contribution in [-0.2, 0) is 10.8 Å². The van der Waals surface area contributed by atoms with E-state index in [1.54, 1.807) is 6.07 Å². The Hall–Kier alpha value is -13.3. The van der Waals surface area contributed by atoms with E-state index in [9.17, 15) is 21.7 Å². The summed E-state index contributed by atoms with van der Waals surface area (Å²) in [6.07, 6.45) is 0. The second kappa shape index (κ2) is 23.3. The maximum atomic E-state index is 12.7. The predicted molar refractivity (Wildman–Crippen MR) is 451 cm³/mol. The Morgan fingerprint density at radius 1 is 0.290 bits per heavy atom. The average Bonchev–Trinajstić information content (AvgIpc) is 1.51. The molecule has 2 aliphatic heterocycles. The van der Waals surface area contributed by atoms with Gasteiger partial charge in [0.2, 0.25) is 0 Å². The first-order valence-electron chi connectivity index (χ1n) is 43.9. The first-order valence-corrected chi connectivity index (χ1v) is 35.9. The molecule has 0 amide bonds. The highest BCUT2D eigenvalue weighted by molar-refractivity contribution is 7.00. The van der Waals surface area contributed by atoms with Gasteiger partial charge in [-0.2, -0.15) is 5.26 Å². The minimum absolute atomic E-state index is 0.0780. The van der Waals surface area contributed by atoms with E-state index in [-0.39, 0.29) is 71.4 Å². The van der Waals surface area contributed by atoms with Gasteiger partial charge in [-0.15, -0.1) is 0 Å². The molecular weight excluding hydrogens is 1300 g/mol. The Bertz CT molecular complexity index is 7690. The minimum atomic E-state index is -0.857. The van der Waals surface area contributed by atoms with Gasteiger partial charge in [0, 0.05) is 82.9 Å². The van der Waals surface area contributed by atoms with E-state index in [2.05, 4.69) is 170 Å². The molecule has 7 nitrogen and oxygen atoms in total. The smallest absolute Gasteiger partial charge is 0.252 e. The van der Waals surface area contributed by atoms with Crippen molar-refractivity contribution in [2.75, 3.05) is 9.80 Å². The van der Waals surface area contributed by atoms with Gasteiger partial charge in [-0.25, -0.2) is 0 Å². The quantitative estimate of drug-likeness (QED) is 0.142. The Balaban J connectivity index is 0.974. The normalized spacial score (nSPS) is 15.0. The van der Waals surface area contributed by atoms with Crippen molar-refractivity contribution in [1.29, 1.82) is 5.26 Å². The fourth-order valence-corrected chi connectivity index (χ4v) is 17.0. The number of benzene rings is 15. The van der Waals surface area contributed by atoms with Crippen LogP contribution in [0.1, 0.15) is 80.2 Å². The molecule has 0 saturated carbocycles. The van der Waals surface area contributed by atoms with Gasteiger partial charge in [0.15, 0.2) is 0 Å². The van der Waals surface area contributed by atoms with Crippen molar-refractivity contribution in [3.63, 3.8) is 0 Å². The number of anilines is 6. The van der Waals surface area contributed by atoms with Gasteiger partial charge >= 0.3 is 0 Å². The SMILES string of the molecule is [2H]c1c([2H])c([2H])c2c(c1[2H])c1c([2H])c([2H])c([2H])c([2H])c1n2-c1ccc2c(c1)N(c1cc(-c3ccccc3)cc(-c3ccccc3)c1)c1cc(-n3c4ccc(C(C)(C)C)cc4c4cc(C(C)(C)C)ccc43)cc3c1B2c1ccc(-n2c4c([2H])c([2H])c([2H])c([2H])c4c4c([2H])c([2H])c([2H])c([2H])c42)cc1N3c1cccc(-n2c3ccccc3c3ccccc32)c1C#N. The monoisotopic (exact) mass is 1390 g/mol. The van der Waals surface area contributed by atoms with Crippen LogP contribution in [0.3, 0.4) is 0 Å². The molecule has 21 rings (SSSR count). The third kappa shape index (κ3) is 9.40. The molecule has 0 radical (unpaired) electrons. The van der Waals surface area contributed by atoms with E-state index in [1.165, 1.54) is 9.13 Å². The molecule has 107 heavy (non-hydrogen) atoms. The number of fused-ring (bicyclic) bond motifs is 16. The predicted octanol–water partition coefficient (Wildman–Crippen LogP) is 24.0.